The number of halogens is 3. The molecular weight excluding hydrogens is 177 g/mol. The van der Waals surface area contributed by atoms with Gasteiger partial charge >= 0.3 is 6.18 Å². The lowest BCUT2D eigenvalue weighted by molar-refractivity contribution is -0.138. The van der Waals surface area contributed by atoms with Crippen molar-refractivity contribution in [2.75, 3.05) is 0 Å². The Morgan fingerprint density at radius 3 is 2.36 bits per heavy atom. The van der Waals surface area contributed by atoms with Crippen molar-refractivity contribution in [1.82, 2.24) is 0 Å². The van der Waals surface area contributed by atoms with Crippen LogP contribution in [-0.2, 0) is 12.8 Å². The maximum Gasteiger partial charge on any atom is 0.417 e. The van der Waals surface area contributed by atoms with Crippen LogP contribution in [0.4, 0.5) is 13.2 Å². The van der Waals surface area contributed by atoms with Crippen LogP contribution in [0.25, 0.3) is 0 Å². The summed E-state index contributed by atoms with van der Waals surface area (Å²) in [7, 11) is 0. The van der Waals surface area contributed by atoms with Crippen molar-refractivity contribution < 1.29 is 18.3 Å². The fraction of sp³-hybridized carbons (Fsp3) is 0.333. The molecule has 0 saturated heterocycles. The van der Waals surface area contributed by atoms with E-state index in [2.05, 4.69) is 0 Å². The van der Waals surface area contributed by atoms with Crippen molar-refractivity contribution in [3.05, 3.63) is 21.9 Å². The maximum absolute atomic E-state index is 12.0. The second kappa shape index (κ2) is 2.83. The molecule has 11 heavy (non-hydrogen) atoms. The summed E-state index contributed by atoms with van der Waals surface area (Å²) in [5, 5.41) is 10.8. The zero-order chi connectivity index (χ0) is 8.48. The number of aliphatic hydroxyl groups excluding tert-OH is 1. The quantitative estimate of drug-likeness (QED) is 0.706. The lowest BCUT2D eigenvalue weighted by Crippen LogP contribution is -2.06. The van der Waals surface area contributed by atoms with E-state index in [1.54, 1.807) is 0 Å². The number of hydrogen-bond donors (Lipinski definition) is 1. The normalized spacial score (nSPS) is 12.0. The van der Waals surface area contributed by atoms with Crippen molar-refractivity contribution in [2.24, 2.45) is 0 Å². The smallest absolute Gasteiger partial charge is 0.392 e. The monoisotopic (exact) mass is 182 g/mol. The fourth-order valence-corrected chi connectivity index (χ4v) is 1.55. The number of alkyl halides is 3. The molecule has 0 saturated carbocycles. The molecule has 5 heteroatoms. The first-order valence-corrected chi connectivity index (χ1v) is 3.73. The van der Waals surface area contributed by atoms with Gasteiger partial charge in [-0.1, -0.05) is 0 Å². The topological polar surface area (TPSA) is 20.2 Å². The van der Waals surface area contributed by atoms with E-state index < -0.39 is 18.3 Å². The summed E-state index contributed by atoms with van der Waals surface area (Å²) in [5.74, 6) is 0. The Hall–Kier alpha value is -0.550. The van der Waals surface area contributed by atoms with E-state index >= 15 is 0 Å². The van der Waals surface area contributed by atoms with Crippen LogP contribution < -0.4 is 0 Å². The van der Waals surface area contributed by atoms with Gasteiger partial charge in [-0.25, -0.2) is 0 Å². The molecule has 0 aliphatic rings. The molecule has 0 amide bonds. The number of thiophene rings is 1. The van der Waals surface area contributed by atoms with Crippen molar-refractivity contribution in [3.8, 4) is 0 Å². The highest BCUT2D eigenvalue weighted by atomic mass is 32.1. The van der Waals surface area contributed by atoms with Crippen LogP contribution in [0.2, 0.25) is 0 Å². The Labute approximate surface area is 65.1 Å². The van der Waals surface area contributed by atoms with E-state index in [0.717, 1.165) is 16.7 Å². The molecule has 1 aromatic rings. The van der Waals surface area contributed by atoms with E-state index in [-0.39, 0.29) is 5.56 Å². The van der Waals surface area contributed by atoms with Gasteiger partial charge in [-0.15, -0.1) is 0 Å². The minimum absolute atomic E-state index is 0.0532. The second-order valence-electron chi connectivity index (χ2n) is 1.97. The summed E-state index contributed by atoms with van der Waals surface area (Å²) in [5.41, 5.74) is -0.785. The molecule has 0 spiro atoms. The van der Waals surface area contributed by atoms with Gasteiger partial charge in [0.15, 0.2) is 0 Å². The summed E-state index contributed by atoms with van der Waals surface area (Å²) in [6.07, 6.45) is -4.34. The van der Waals surface area contributed by atoms with Crippen LogP contribution in [0.15, 0.2) is 10.8 Å². The van der Waals surface area contributed by atoms with Crippen LogP contribution in [0, 0.1) is 0 Å². The average molecular weight is 182 g/mol. The third-order valence-electron chi connectivity index (χ3n) is 1.22. The van der Waals surface area contributed by atoms with Gasteiger partial charge in [0.1, 0.15) is 0 Å². The predicted octanol–water partition coefficient (Wildman–Crippen LogP) is 2.26. The third kappa shape index (κ3) is 1.72. The Morgan fingerprint density at radius 2 is 2.00 bits per heavy atom. The zero-order valence-electron chi connectivity index (χ0n) is 5.35. The number of hydrogen-bond acceptors (Lipinski definition) is 2. The standard InChI is InChI=1S/C6H5F3OS/c7-6(8,9)5-3-11-2-4(5)1-10/h2-3,10H,1H2. The maximum atomic E-state index is 12.0. The largest absolute Gasteiger partial charge is 0.417 e. The van der Waals surface area contributed by atoms with Crippen molar-refractivity contribution in [3.63, 3.8) is 0 Å². The highest BCUT2D eigenvalue weighted by Gasteiger charge is 2.33. The highest BCUT2D eigenvalue weighted by Crippen LogP contribution is 2.33. The summed E-state index contributed by atoms with van der Waals surface area (Å²) < 4.78 is 35.9. The van der Waals surface area contributed by atoms with Crippen molar-refractivity contribution >= 4 is 11.3 Å². The van der Waals surface area contributed by atoms with Gasteiger partial charge in [-0.2, -0.15) is 24.5 Å². The molecular formula is C6H5F3OS. The number of rotatable bonds is 1. The molecule has 0 aromatic carbocycles. The SMILES string of the molecule is OCc1cscc1C(F)(F)F. The van der Waals surface area contributed by atoms with Crippen LogP contribution in [-0.4, -0.2) is 5.11 Å². The van der Waals surface area contributed by atoms with Crippen LogP contribution in [0.1, 0.15) is 11.1 Å². The van der Waals surface area contributed by atoms with E-state index in [0.29, 0.717) is 0 Å². The molecule has 0 aliphatic carbocycles. The average Bonchev–Trinajstić information content (AvgIpc) is 2.31. The highest BCUT2D eigenvalue weighted by molar-refractivity contribution is 7.08. The molecule has 1 heterocycles. The van der Waals surface area contributed by atoms with Gasteiger partial charge in [0, 0.05) is 10.9 Å². The minimum Gasteiger partial charge on any atom is -0.392 e. The van der Waals surface area contributed by atoms with Gasteiger partial charge in [-0.05, 0) is 5.38 Å². The summed E-state index contributed by atoms with van der Waals surface area (Å²) in [6, 6.07) is 0. The molecule has 1 rings (SSSR count). The van der Waals surface area contributed by atoms with Gasteiger partial charge in [0.25, 0.3) is 0 Å². The lowest BCUT2D eigenvalue weighted by atomic mass is 10.2. The van der Waals surface area contributed by atoms with Gasteiger partial charge in [-0.3, -0.25) is 0 Å². The van der Waals surface area contributed by atoms with Crippen molar-refractivity contribution in [1.29, 1.82) is 0 Å². The van der Waals surface area contributed by atoms with Gasteiger partial charge in [0.05, 0.1) is 12.2 Å². The molecule has 0 aliphatic heterocycles. The Balaban J connectivity index is 3.02. The van der Waals surface area contributed by atoms with Gasteiger partial charge in [0.2, 0.25) is 0 Å². The molecule has 1 nitrogen and oxygen atoms in total. The molecule has 1 aromatic heterocycles. The molecule has 0 unspecified atom stereocenters. The number of aliphatic hydroxyl groups is 1. The molecule has 1 N–H and O–H groups in total. The predicted molar refractivity (Wildman–Crippen MR) is 35.2 cm³/mol. The molecule has 0 bridgehead atoms. The summed E-state index contributed by atoms with van der Waals surface area (Å²) in [4.78, 5) is 0. The molecule has 0 fully saturated rings. The fourth-order valence-electron chi connectivity index (χ4n) is 0.695. The van der Waals surface area contributed by atoms with Crippen LogP contribution >= 0.6 is 11.3 Å². The van der Waals surface area contributed by atoms with Crippen molar-refractivity contribution in [2.45, 2.75) is 12.8 Å². The minimum atomic E-state index is -4.34. The van der Waals surface area contributed by atoms with Crippen LogP contribution in [0.5, 0.6) is 0 Å². The van der Waals surface area contributed by atoms with E-state index in [1.165, 1.54) is 5.38 Å². The second-order valence-corrected chi connectivity index (χ2v) is 2.71. The summed E-state index contributed by atoms with van der Waals surface area (Å²) in [6.45, 7) is -0.557. The first-order chi connectivity index (χ1) is 5.05. The van der Waals surface area contributed by atoms with E-state index in [4.69, 9.17) is 5.11 Å². The molecule has 0 radical (unpaired) electrons. The Bertz CT molecular complexity index is 240. The first kappa shape index (κ1) is 8.55. The van der Waals surface area contributed by atoms with Crippen LogP contribution in [0.3, 0.4) is 0 Å². The van der Waals surface area contributed by atoms with E-state index in [9.17, 15) is 13.2 Å². The summed E-state index contributed by atoms with van der Waals surface area (Å²) >= 11 is 0.938. The zero-order valence-corrected chi connectivity index (χ0v) is 6.17. The lowest BCUT2D eigenvalue weighted by Gasteiger charge is -2.04. The van der Waals surface area contributed by atoms with E-state index in [1.807, 2.05) is 0 Å². The first-order valence-electron chi connectivity index (χ1n) is 2.79. The molecule has 62 valence electrons. The van der Waals surface area contributed by atoms with Gasteiger partial charge < -0.3 is 5.11 Å². The molecule has 0 atom stereocenters. The Morgan fingerprint density at radius 1 is 1.36 bits per heavy atom. The third-order valence-corrected chi connectivity index (χ3v) is 2.01. The Kier molecular flexibility index (Phi) is 2.20.